The zero-order chi connectivity index (χ0) is 24.9. The van der Waals surface area contributed by atoms with Gasteiger partial charge >= 0.3 is 0 Å². The molecule has 192 valence electrons. The second kappa shape index (κ2) is 11.8. The molecule has 2 atom stereocenters. The average Bonchev–Trinajstić information content (AvgIpc) is 3.08. The largest absolute Gasteiger partial charge is 0.497 e. The number of nitrogens with zero attached hydrogens (tertiary/aromatic N) is 1. The molecule has 3 aromatic rings. The van der Waals surface area contributed by atoms with E-state index in [1.54, 1.807) is 18.4 Å². The van der Waals surface area contributed by atoms with Gasteiger partial charge in [-0.1, -0.05) is 32.6 Å². The number of methoxy groups -OCH3 is 1. The van der Waals surface area contributed by atoms with Gasteiger partial charge in [0.05, 0.1) is 7.11 Å². The summed E-state index contributed by atoms with van der Waals surface area (Å²) in [6.45, 7) is 6.36. The number of benzene rings is 2. The van der Waals surface area contributed by atoms with Crippen molar-refractivity contribution in [3.8, 4) is 11.5 Å². The second-order valence-corrected chi connectivity index (χ2v) is 11.7. The molecule has 2 aliphatic rings. The summed E-state index contributed by atoms with van der Waals surface area (Å²) in [5, 5.41) is 1.05. The molecule has 5 rings (SSSR count). The highest BCUT2D eigenvalue weighted by Gasteiger charge is 2.29. The van der Waals surface area contributed by atoms with Gasteiger partial charge in [0.15, 0.2) is 5.78 Å². The third-order valence-electron chi connectivity index (χ3n) is 7.95. The highest BCUT2D eigenvalue weighted by molar-refractivity contribution is 7.19. The molecule has 36 heavy (non-hydrogen) atoms. The van der Waals surface area contributed by atoms with E-state index in [1.165, 1.54) is 62.9 Å². The number of carbonyl (C=O) groups excluding carboxylic acids is 1. The third-order valence-corrected chi connectivity index (χ3v) is 9.27. The van der Waals surface area contributed by atoms with Crippen molar-refractivity contribution in [1.29, 1.82) is 0 Å². The van der Waals surface area contributed by atoms with Gasteiger partial charge in [-0.3, -0.25) is 9.69 Å². The van der Waals surface area contributed by atoms with E-state index in [0.717, 1.165) is 45.7 Å². The first kappa shape index (κ1) is 25.3. The van der Waals surface area contributed by atoms with E-state index in [9.17, 15) is 4.79 Å². The first-order valence-corrected chi connectivity index (χ1v) is 14.5. The molecular formula is C31H39NO3S. The Morgan fingerprint density at radius 2 is 1.72 bits per heavy atom. The number of thiophene rings is 1. The van der Waals surface area contributed by atoms with Crippen LogP contribution in [-0.4, -0.2) is 44.0 Å². The summed E-state index contributed by atoms with van der Waals surface area (Å²) in [7, 11) is 1.70. The van der Waals surface area contributed by atoms with E-state index in [2.05, 4.69) is 24.0 Å². The molecule has 1 aliphatic heterocycles. The fraction of sp³-hybridized carbons (Fsp3) is 0.516. The van der Waals surface area contributed by atoms with E-state index in [0.29, 0.717) is 18.4 Å². The number of likely N-dealkylation sites (tertiary alicyclic amines) is 1. The SMILES string of the molecule is COc1ccc2c(C(=O)c3ccc(OCCN4CCCCCC4)cc3)c(C3CCCC(C)C3)sc2c1. The van der Waals surface area contributed by atoms with Crippen LogP contribution in [0.2, 0.25) is 0 Å². The molecule has 4 nitrogen and oxygen atoms in total. The van der Waals surface area contributed by atoms with Gasteiger partial charge in [-0.25, -0.2) is 0 Å². The number of hydrogen-bond acceptors (Lipinski definition) is 5. The molecule has 0 bridgehead atoms. The zero-order valence-electron chi connectivity index (χ0n) is 21.8. The van der Waals surface area contributed by atoms with Gasteiger partial charge in [-0.2, -0.15) is 0 Å². The summed E-state index contributed by atoms with van der Waals surface area (Å²) < 4.78 is 12.6. The minimum atomic E-state index is 0.121. The van der Waals surface area contributed by atoms with Gasteiger partial charge in [-0.15, -0.1) is 11.3 Å². The number of ketones is 1. The highest BCUT2D eigenvalue weighted by atomic mass is 32.1. The Kier molecular flexibility index (Phi) is 8.28. The number of hydrogen-bond donors (Lipinski definition) is 0. The van der Waals surface area contributed by atoms with Crippen molar-refractivity contribution in [3.63, 3.8) is 0 Å². The number of fused-ring (bicyclic) bond motifs is 1. The Balaban J connectivity index is 1.34. The lowest BCUT2D eigenvalue weighted by atomic mass is 9.80. The molecule has 1 aliphatic carbocycles. The fourth-order valence-corrected chi connectivity index (χ4v) is 7.29. The maximum atomic E-state index is 13.9. The normalized spacial score (nSPS) is 21.3. The molecule has 1 saturated heterocycles. The molecule has 5 heteroatoms. The van der Waals surface area contributed by atoms with Crippen molar-refractivity contribution >= 4 is 27.2 Å². The maximum absolute atomic E-state index is 13.9. The van der Waals surface area contributed by atoms with E-state index in [1.807, 2.05) is 30.3 Å². The quantitative estimate of drug-likeness (QED) is 0.294. The number of rotatable bonds is 8. The molecule has 2 fully saturated rings. The van der Waals surface area contributed by atoms with E-state index < -0.39 is 0 Å². The van der Waals surface area contributed by atoms with Crippen LogP contribution in [0.1, 0.15) is 85.0 Å². The van der Waals surface area contributed by atoms with Gasteiger partial charge < -0.3 is 9.47 Å². The first-order valence-electron chi connectivity index (χ1n) is 13.7. The lowest BCUT2D eigenvalue weighted by Crippen LogP contribution is -2.29. The molecule has 2 unspecified atom stereocenters. The molecule has 0 spiro atoms. The van der Waals surface area contributed by atoms with Gasteiger partial charge in [0.1, 0.15) is 18.1 Å². The lowest BCUT2D eigenvalue weighted by Gasteiger charge is -2.26. The summed E-state index contributed by atoms with van der Waals surface area (Å²) in [6, 6.07) is 13.9. The lowest BCUT2D eigenvalue weighted by molar-refractivity contribution is 0.103. The molecule has 2 aromatic carbocycles. The Morgan fingerprint density at radius 3 is 2.44 bits per heavy atom. The predicted octanol–water partition coefficient (Wildman–Crippen LogP) is 7.69. The van der Waals surface area contributed by atoms with Crippen LogP contribution in [0.25, 0.3) is 10.1 Å². The first-order chi connectivity index (χ1) is 17.6. The van der Waals surface area contributed by atoms with E-state index in [-0.39, 0.29) is 5.78 Å². The highest BCUT2D eigenvalue weighted by Crippen LogP contribution is 2.45. The molecule has 2 heterocycles. The minimum absolute atomic E-state index is 0.121. The van der Waals surface area contributed by atoms with Crippen molar-refractivity contribution in [2.24, 2.45) is 5.92 Å². The topological polar surface area (TPSA) is 38.8 Å². The zero-order valence-corrected chi connectivity index (χ0v) is 22.6. The van der Waals surface area contributed by atoms with E-state index >= 15 is 0 Å². The molecule has 1 aromatic heterocycles. The van der Waals surface area contributed by atoms with Gasteiger partial charge in [-0.05, 0) is 93.1 Å². The average molecular weight is 506 g/mol. The Bertz CT molecular complexity index is 1160. The second-order valence-electron chi connectivity index (χ2n) is 10.6. The van der Waals surface area contributed by atoms with Crippen LogP contribution in [-0.2, 0) is 0 Å². The van der Waals surface area contributed by atoms with Crippen molar-refractivity contribution in [3.05, 3.63) is 58.5 Å². The Labute approximate surface area is 219 Å². The van der Waals surface area contributed by atoms with Crippen LogP contribution in [0.4, 0.5) is 0 Å². The van der Waals surface area contributed by atoms with Crippen molar-refractivity contribution in [1.82, 2.24) is 4.90 Å². The summed E-state index contributed by atoms with van der Waals surface area (Å²) in [5.74, 6) is 2.96. The number of ether oxygens (including phenoxy) is 2. The van der Waals surface area contributed by atoms with Crippen molar-refractivity contribution in [2.75, 3.05) is 33.4 Å². The van der Waals surface area contributed by atoms with Crippen LogP contribution in [0.5, 0.6) is 11.5 Å². The fourth-order valence-electron chi connectivity index (χ4n) is 5.92. The van der Waals surface area contributed by atoms with Crippen LogP contribution in [0.15, 0.2) is 42.5 Å². The van der Waals surface area contributed by atoms with Crippen molar-refractivity contribution in [2.45, 2.75) is 64.2 Å². The molecule has 0 radical (unpaired) electrons. The summed E-state index contributed by atoms with van der Waals surface area (Å²) in [6.07, 6.45) is 10.1. The summed E-state index contributed by atoms with van der Waals surface area (Å²) >= 11 is 1.78. The summed E-state index contributed by atoms with van der Waals surface area (Å²) in [4.78, 5) is 17.7. The summed E-state index contributed by atoms with van der Waals surface area (Å²) in [5.41, 5.74) is 1.63. The van der Waals surface area contributed by atoms with Crippen LogP contribution in [0.3, 0.4) is 0 Å². The number of carbonyl (C=O) groups is 1. The Hall–Kier alpha value is -2.37. The molecule has 1 saturated carbocycles. The van der Waals surface area contributed by atoms with Crippen LogP contribution in [0, 0.1) is 5.92 Å². The van der Waals surface area contributed by atoms with Crippen LogP contribution < -0.4 is 9.47 Å². The van der Waals surface area contributed by atoms with Gasteiger partial charge in [0, 0.05) is 32.6 Å². The minimum Gasteiger partial charge on any atom is -0.497 e. The third kappa shape index (κ3) is 5.78. The predicted molar refractivity (Wildman–Crippen MR) is 149 cm³/mol. The van der Waals surface area contributed by atoms with Crippen molar-refractivity contribution < 1.29 is 14.3 Å². The smallest absolute Gasteiger partial charge is 0.194 e. The standard InChI is InChI=1S/C31H39NO3S/c1-22-8-7-9-24(20-22)31-29(27-15-14-26(34-2)21-28(27)36-31)30(33)23-10-12-25(13-11-23)35-19-18-32-16-5-3-4-6-17-32/h10-15,21-22,24H,3-9,16-20H2,1-2H3. The maximum Gasteiger partial charge on any atom is 0.194 e. The molecule has 0 N–H and O–H groups in total. The monoisotopic (exact) mass is 505 g/mol. The van der Waals surface area contributed by atoms with Gasteiger partial charge in [0.2, 0.25) is 0 Å². The Morgan fingerprint density at radius 1 is 0.972 bits per heavy atom. The molecular weight excluding hydrogens is 466 g/mol. The van der Waals surface area contributed by atoms with Gasteiger partial charge in [0.25, 0.3) is 0 Å². The van der Waals surface area contributed by atoms with Crippen LogP contribution >= 0.6 is 11.3 Å². The van der Waals surface area contributed by atoms with E-state index in [4.69, 9.17) is 9.47 Å². The molecule has 0 amide bonds.